The molecule has 1 aliphatic rings. The maximum Gasteiger partial charge on any atom is 0.336 e. The molecule has 4 nitrogen and oxygen atoms in total. The highest BCUT2D eigenvalue weighted by atomic mass is 16.4. The summed E-state index contributed by atoms with van der Waals surface area (Å²) in [5.74, 6) is -0.268. The Morgan fingerprint density at radius 1 is 1.15 bits per heavy atom. The Kier molecular flexibility index (Phi) is 3.37. The van der Waals surface area contributed by atoms with E-state index in [1.54, 1.807) is 6.07 Å². The maximum absolute atomic E-state index is 11.4. The second kappa shape index (κ2) is 5.33. The molecular weight excluding hydrogens is 252 g/mol. The molecule has 0 spiro atoms. The second-order valence-corrected chi connectivity index (χ2v) is 4.98. The summed E-state index contributed by atoms with van der Waals surface area (Å²) >= 11 is 0. The summed E-state index contributed by atoms with van der Waals surface area (Å²) in [5, 5.41) is 12.6. The van der Waals surface area contributed by atoms with Gasteiger partial charge in [-0.1, -0.05) is 18.2 Å². The first-order valence-corrected chi connectivity index (χ1v) is 6.82. The predicted molar refractivity (Wildman–Crippen MR) is 77.6 cm³/mol. The van der Waals surface area contributed by atoms with Crippen molar-refractivity contribution >= 4 is 17.5 Å². The van der Waals surface area contributed by atoms with E-state index in [0.29, 0.717) is 11.4 Å². The Balaban J connectivity index is 2.00. The van der Waals surface area contributed by atoms with Gasteiger partial charge in [-0.15, -0.1) is 0 Å². The van der Waals surface area contributed by atoms with E-state index in [0.717, 1.165) is 42.6 Å². The lowest BCUT2D eigenvalue weighted by Crippen LogP contribution is -2.13. The third kappa shape index (κ3) is 2.50. The molecule has 0 radical (unpaired) electrons. The quantitative estimate of drug-likeness (QED) is 0.895. The van der Waals surface area contributed by atoms with Gasteiger partial charge in [-0.3, -0.25) is 0 Å². The molecule has 0 aliphatic heterocycles. The van der Waals surface area contributed by atoms with E-state index in [9.17, 15) is 9.90 Å². The number of fused-ring (bicyclic) bond motifs is 1. The molecule has 2 aromatic rings. The van der Waals surface area contributed by atoms with Gasteiger partial charge in [0.2, 0.25) is 0 Å². The number of rotatable bonds is 3. The van der Waals surface area contributed by atoms with Crippen LogP contribution in [-0.4, -0.2) is 16.1 Å². The fraction of sp³-hybridized carbons (Fsp3) is 0.250. The van der Waals surface area contributed by atoms with Gasteiger partial charge in [0.15, 0.2) is 0 Å². The van der Waals surface area contributed by atoms with Gasteiger partial charge in [0, 0.05) is 11.4 Å². The van der Waals surface area contributed by atoms with Crippen molar-refractivity contribution in [2.75, 3.05) is 5.32 Å². The van der Waals surface area contributed by atoms with Crippen LogP contribution in [0.3, 0.4) is 0 Å². The zero-order chi connectivity index (χ0) is 13.9. The molecule has 0 saturated carbocycles. The van der Waals surface area contributed by atoms with Crippen LogP contribution in [0.25, 0.3) is 0 Å². The van der Waals surface area contributed by atoms with Gasteiger partial charge in [-0.25, -0.2) is 9.78 Å². The van der Waals surface area contributed by atoms with E-state index in [-0.39, 0.29) is 0 Å². The molecule has 3 rings (SSSR count). The van der Waals surface area contributed by atoms with Crippen LogP contribution in [0.5, 0.6) is 0 Å². The molecule has 0 fully saturated rings. The van der Waals surface area contributed by atoms with Crippen LogP contribution in [0.15, 0.2) is 36.4 Å². The molecule has 1 aromatic heterocycles. The number of hydrogen-bond acceptors (Lipinski definition) is 3. The maximum atomic E-state index is 11.4. The largest absolute Gasteiger partial charge is 0.478 e. The highest BCUT2D eigenvalue weighted by Gasteiger charge is 2.20. The van der Waals surface area contributed by atoms with E-state index in [4.69, 9.17) is 0 Å². The Hall–Kier alpha value is -2.36. The third-order valence-electron chi connectivity index (χ3n) is 3.58. The summed E-state index contributed by atoms with van der Waals surface area (Å²) in [6.07, 6.45) is 3.80. The highest BCUT2D eigenvalue weighted by Crippen LogP contribution is 2.26. The minimum absolute atomic E-state index is 0.383. The molecule has 1 aromatic carbocycles. The lowest BCUT2D eigenvalue weighted by atomic mass is 9.92. The lowest BCUT2D eigenvalue weighted by Gasteiger charge is -2.18. The molecule has 0 saturated heterocycles. The number of aromatic carboxylic acids is 1. The van der Waals surface area contributed by atoms with Crippen molar-refractivity contribution < 1.29 is 9.90 Å². The summed E-state index contributed by atoms with van der Waals surface area (Å²) < 4.78 is 0. The van der Waals surface area contributed by atoms with Gasteiger partial charge in [-0.2, -0.15) is 0 Å². The Labute approximate surface area is 117 Å². The third-order valence-corrected chi connectivity index (χ3v) is 3.58. The molecule has 0 atom stereocenters. The zero-order valence-corrected chi connectivity index (χ0v) is 11.1. The smallest absolute Gasteiger partial charge is 0.336 e. The molecule has 1 aliphatic carbocycles. The zero-order valence-electron chi connectivity index (χ0n) is 11.1. The van der Waals surface area contributed by atoms with Crippen molar-refractivity contribution in [2.45, 2.75) is 25.7 Å². The number of aryl methyl sites for hydroxylation is 1. The van der Waals surface area contributed by atoms with Crippen molar-refractivity contribution in [3.63, 3.8) is 0 Å². The number of carbonyl (C=O) groups is 1. The number of benzene rings is 1. The normalized spacial score (nSPS) is 13.6. The SMILES string of the molecule is O=C(O)c1cc(Nc2ccccc2)nc2c1CCCC2. The predicted octanol–water partition coefficient (Wildman–Crippen LogP) is 3.40. The molecule has 4 heteroatoms. The average Bonchev–Trinajstić information content (AvgIpc) is 2.47. The summed E-state index contributed by atoms with van der Waals surface area (Å²) in [5.41, 5.74) is 3.12. The molecule has 1 heterocycles. The summed E-state index contributed by atoms with van der Waals surface area (Å²) in [6.45, 7) is 0. The van der Waals surface area contributed by atoms with Crippen molar-refractivity contribution in [1.82, 2.24) is 4.98 Å². The number of hydrogen-bond donors (Lipinski definition) is 2. The van der Waals surface area contributed by atoms with Crippen LogP contribution >= 0.6 is 0 Å². The van der Waals surface area contributed by atoms with Crippen LogP contribution < -0.4 is 5.32 Å². The molecule has 20 heavy (non-hydrogen) atoms. The van der Waals surface area contributed by atoms with E-state index in [1.807, 2.05) is 30.3 Å². The summed E-state index contributed by atoms with van der Waals surface area (Å²) in [4.78, 5) is 16.0. The fourth-order valence-corrected chi connectivity index (χ4v) is 2.63. The van der Waals surface area contributed by atoms with Crippen molar-refractivity contribution in [2.24, 2.45) is 0 Å². The number of nitrogens with zero attached hydrogens (tertiary/aromatic N) is 1. The number of aromatic nitrogens is 1. The second-order valence-electron chi connectivity index (χ2n) is 4.98. The van der Waals surface area contributed by atoms with Gasteiger partial charge in [0.05, 0.1) is 5.56 Å². The molecule has 102 valence electrons. The molecule has 2 N–H and O–H groups in total. The highest BCUT2D eigenvalue weighted by molar-refractivity contribution is 5.91. The number of nitrogens with one attached hydrogen (secondary N) is 1. The molecule has 0 unspecified atom stereocenters. The monoisotopic (exact) mass is 268 g/mol. The minimum Gasteiger partial charge on any atom is -0.478 e. The van der Waals surface area contributed by atoms with E-state index in [1.165, 1.54) is 0 Å². The van der Waals surface area contributed by atoms with Gasteiger partial charge in [0.1, 0.15) is 5.82 Å². The number of para-hydroxylation sites is 1. The number of carboxylic acid groups (broad SMARTS) is 1. The van der Waals surface area contributed by atoms with Crippen molar-refractivity contribution in [3.8, 4) is 0 Å². The van der Waals surface area contributed by atoms with Crippen molar-refractivity contribution in [3.05, 3.63) is 53.2 Å². The van der Waals surface area contributed by atoms with Crippen LogP contribution in [0.2, 0.25) is 0 Å². The minimum atomic E-state index is -0.873. The fourth-order valence-electron chi connectivity index (χ4n) is 2.63. The van der Waals surface area contributed by atoms with Gasteiger partial charge >= 0.3 is 5.97 Å². The topological polar surface area (TPSA) is 62.2 Å². The Bertz CT molecular complexity index is 638. The van der Waals surface area contributed by atoms with Crippen LogP contribution in [0.1, 0.15) is 34.5 Å². The van der Waals surface area contributed by atoms with Gasteiger partial charge in [0.25, 0.3) is 0 Å². The first-order valence-electron chi connectivity index (χ1n) is 6.82. The van der Waals surface area contributed by atoms with Crippen LogP contribution in [0.4, 0.5) is 11.5 Å². The average molecular weight is 268 g/mol. The Morgan fingerprint density at radius 2 is 1.90 bits per heavy atom. The summed E-state index contributed by atoms with van der Waals surface area (Å²) in [7, 11) is 0. The van der Waals surface area contributed by atoms with Crippen molar-refractivity contribution in [1.29, 1.82) is 0 Å². The molecular formula is C16H16N2O2. The van der Waals surface area contributed by atoms with Crippen LogP contribution in [0, 0.1) is 0 Å². The van der Waals surface area contributed by atoms with E-state index < -0.39 is 5.97 Å². The first kappa shape index (κ1) is 12.7. The lowest BCUT2D eigenvalue weighted by molar-refractivity contribution is 0.0695. The number of pyridine rings is 1. The first-order chi connectivity index (χ1) is 9.74. The van der Waals surface area contributed by atoms with E-state index in [2.05, 4.69) is 10.3 Å². The summed E-state index contributed by atoms with van der Waals surface area (Å²) in [6, 6.07) is 11.3. The standard InChI is InChI=1S/C16H16N2O2/c19-16(20)13-10-15(17-11-6-2-1-3-7-11)18-14-9-5-4-8-12(13)14/h1-3,6-7,10H,4-5,8-9H2,(H,17,18)(H,19,20). The number of anilines is 2. The molecule has 0 bridgehead atoms. The van der Waals surface area contributed by atoms with Gasteiger partial charge in [-0.05, 0) is 49.4 Å². The van der Waals surface area contributed by atoms with Gasteiger partial charge < -0.3 is 10.4 Å². The molecule has 0 amide bonds. The van der Waals surface area contributed by atoms with E-state index >= 15 is 0 Å². The number of carboxylic acids is 1. The Morgan fingerprint density at radius 3 is 2.65 bits per heavy atom. The van der Waals surface area contributed by atoms with Crippen LogP contribution in [-0.2, 0) is 12.8 Å².